The topological polar surface area (TPSA) is 56.6 Å². The number of rotatable bonds is 6. The fourth-order valence-corrected chi connectivity index (χ4v) is 2.20. The summed E-state index contributed by atoms with van der Waals surface area (Å²) in [6, 6.07) is -0.109. The monoisotopic (exact) mass is 269 g/mol. The van der Waals surface area contributed by atoms with Crippen molar-refractivity contribution in [3.8, 4) is 5.88 Å². The number of hydrogen-bond acceptors (Lipinski definition) is 5. The van der Waals surface area contributed by atoms with Crippen LogP contribution in [0.25, 0.3) is 0 Å². The maximum Gasteiger partial charge on any atom is 0.307 e. The van der Waals surface area contributed by atoms with E-state index in [9.17, 15) is 4.79 Å². The van der Waals surface area contributed by atoms with Gasteiger partial charge in [0, 0.05) is 7.05 Å². The summed E-state index contributed by atoms with van der Waals surface area (Å²) in [4.78, 5) is 13.7. The summed E-state index contributed by atoms with van der Waals surface area (Å²) in [5, 5.41) is 4.35. The summed E-state index contributed by atoms with van der Waals surface area (Å²) in [6.45, 7) is 4.11. The molecule has 0 amide bonds. The molecule has 1 atom stereocenters. The Kier molecular flexibility index (Phi) is 5.35. The number of aryl methyl sites for hydroxylation is 2. The zero-order valence-corrected chi connectivity index (χ0v) is 12.6. The van der Waals surface area contributed by atoms with Gasteiger partial charge < -0.3 is 14.4 Å². The number of carbonyl (C=O) groups is 1. The fourth-order valence-electron chi connectivity index (χ4n) is 2.20. The molecule has 0 radical (unpaired) electrons. The van der Waals surface area contributed by atoms with Gasteiger partial charge in [-0.3, -0.25) is 4.79 Å². The maximum absolute atomic E-state index is 11.7. The van der Waals surface area contributed by atoms with E-state index in [1.807, 2.05) is 33.0 Å². The van der Waals surface area contributed by atoms with E-state index < -0.39 is 0 Å². The minimum Gasteiger partial charge on any atom is -0.481 e. The Morgan fingerprint density at radius 1 is 1.47 bits per heavy atom. The van der Waals surface area contributed by atoms with E-state index in [4.69, 9.17) is 9.47 Å². The highest BCUT2D eigenvalue weighted by atomic mass is 16.5. The van der Waals surface area contributed by atoms with Gasteiger partial charge in [-0.2, -0.15) is 5.10 Å². The number of hydrogen-bond donors (Lipinski definition) is 0. The Bertz CT molecular complexity index is 441. The first kappa shape index (κ1) is 15.5. The predicted molar refractivity (Wildman–Crippen MR) is 72.2 cm³/mol. The van der Waals surface area contributed by atoms with Crippen LogP contribution in [0.5, 0.6) is 5.88 Å². The van der Waals surface area contributed by atoms with Gasteiger partial charge in [0.25, 0.3) is 0 Å². The lowest BCUT2D eigenvalue weighted by Gasteiger charge is -2.24. The Hall–Kier alpha value is -1.56. The second-order valence-electron chi connectivity index (χ2n) is 4.62. The molecule has 0 fully saturated rings. The van der Waals surface area contributed by atoms with Gasteiger partial charge >= 0.3 is 5.97 Å². The van der Waals surface area contributed by atoms with Crippen LogP contribution in [0, 0.1) is 6.92 Å². The van der Waals surface area contributed by atoms with Crippen LogP contribution in [0.1, 0.15) is 30.6 Å². The summed E-state index contributed by atoms with van der Waals surface area (Å²) in [6.07, 6.45) is 0.281. The van der Waals surface area contributed by atoms with Gasteiger partial charge in [0.2, 0.25) is 5.88 Å². The van der Waals surface area contributed by atoms with Gasteiger partial charge in [0.05, 0.1) is 37.4 Å². The van der Waals surface area contributed by atoms with E-state index in [0.29, 0.717) is 12.5 Å². The van der Waals surface area contributed by atoms with Gasteiger partial charge in [-0.05, 0) is 27.9 Å². The van der Waals surface area contributed by atoms with Crippen molar-refractivity contribution >= 4 is 5.97 Å². The largest absolute Gasteiger partial charge is 0.481 e. The van der Waals surface area contributed by atoms with Gasteiger partial charge in [0.15, 0.2) is 0 Å². The average molecular weight is 269 g/mol. The minimum absolute atomic E-state index is 0.109. The van der Waals surface area contributed by atoms with Gasteiger partial charge in [-0.1, -0.05) is 0 Å². The molecular weight excluding hydrogens is 246 g/mol. The number of aromatic nitrogens is 2. The molecule has 0 saturated heterocycles. The molecule has 1 unspecified atom stereocenters. The molecule has 0 aliphatic rings. The van der Waals surface area contributed by atoms with E-state index >= 15 is 0 Å². The van der Waals surface area contributed by atoms with Crippen molar-refractivity contribution in [3.05, 3.63) is 11.3 Å². The second-order valence-corrected chi connectivity index (χ2v) is 4.62. The first-order valence-electron chi connectivity index (χ1n) is 6.31. The molecule has 0 aliphatic heterocycles. The van der Waals surface area contributed by atoms with Crippen molar-refractivity contribution < 1.29 is 14.3 Å². The number of esters is 1. The van der Waals surface area contributed by atoms with E-state index in [0.717, 1.165) is 11.3 Å². The number of nitrogens with zero attached hydrogens (tertiary/aromatic N) is 3. The van der Waals surface area contributed by atoms with Crippen LogP contribution >= 0.6 is 0 Å². The molecule has 0 N–H and O–H groups in total. The molecule has 0 aromatic carbocycles. The maximum atomic E-state index is 11.7. The lowest BCUT2D eigenvalue weighted by atomic mass is 10.0. The van der Waals surface area contributed by atoms with Crippen LogP contribution in [0.4, 0.5) is 0 Å². The van der Waals surface area contributed by atoms with E-state index in [-0.39, 0.29) is 18.4 Å². The minimum atomic E-state index is -0.216. The second kappa shape index (κ2) is 6.56. The van der Waals surface area contributed by atoms with Crippen molar-refractivity contribution in [2.45, 2.75) is 26.3 Å². The van der Waals surface area contributed by atoms with Crippen molar-refractivity contribution in [2.75, 3.05) is 27.8 Å². The van der Waals surface area contributed by atoms with Gasteiger partial charge in [-0.25, -0.2) is 4.68 Å². The summed E-state index contributed by atoms with van der Waals surface area (Å²) in [5.41, 5.74) is 1.80. The predicted octanol–water partition coefficient (Wildman–Crippen LogP) is 1.29. The number of methoxy groups -OCH3 is 1. The third-order valence-corrected chi connectivity index (χ3v) is 3.03. The van der Waals surface area contributed by atoms with Crippen molar-refractivity contribution in [3.63, 3.8) is 0 Å². The van der Waals surface area contributed by atoms with Crippen molar-refractivity contribution in [2.24, 2.45) is 7.05 Å². The Labute approximate surface area is 114 Å². The fraction of sp³-hybridized carbons (Fsp3) is 0.692. The molecule has 0 bridgehead atoms. The van der Waals surface area contributed by atoms with Crippen molar-refractivity contribution in [1.82, 2.24) is 14.7 Å². The summed E-state index contributed by atoms with van der Waals surface area (Å²) in [7, 11) is 7.29. The van der Waals surface area contributed by atoms with Crippen LogP contribution in [0.15, 0.2) is 0 Å². The zero-order valence-electron chi connectivity index (χ0n) is 12.6. The summed E-state index contributed by atoms with van der Waals surface area (Å²) >= 11 is 0. The molecule has 6 heteroatoms. The Morgan fingerprint density at radius 3 is 2.58 bits per heavy atom. The van der Waals surface area contributed by atoms with Crippen LogP contribution < -0.4 is 4.74 Å². The summed E-state index contributed by atoms with van der Waals surface area (Å²) < 4.78 is 12.1. The zero-order chi connectivity index (χ0) is 14.6. The third-order valence-electron chi connectivity index (χ3n) is 3.03. The summed E-state index contributed by atoms with van der Waals surface area (Å²) in [5.74, 6) is 0.465. The van der Waals surface area contributed by atoms with Crippen molar-refractivity contribution in [1.29, 1.82) is 0 Å². The molecule has 108 valence electrons. The molecule has 1 rings (SSSR count). The normalized spacial score (nSPS) is 12.6. The van der Waals surface area contributed by atoms with Crippen LogP contribution in [0.2, 0.25) is 0 Å². The molecule has 6 nitrogen and oxygen atoms in total. The highest BCUT2D eigenvalue weighted by Crippen LogP contribution is 2.33. The Morgan fingerprint density at radius 2 is 2.11 bits per heavy atom. The van der Waals surface area contributed by atoms with Crippen LogP contribution in [0.3, 0.4) is 0 Å². The molecule has 1 aromatic rings. The molecule has 1 aromatic heterocycles. The molecule has 19 heavy (non-hydrogen) atoms. The SMILES string of the molecule is CCOC(=O)CC(c1c(C)nn(C)c1OC)N(C)C. The van der Waals surface area contributed by atoms with Crippen LogP contribution in [-0.2, 0) is 16.6 Å². The molecule has 0 aliphatic carbocycles. The highest BCUT2D eigenvalue weighted by Gasteiger charge is 2.27. The quantitative estimate of drug-likeness (QED) is 0.728. The third kappa shape index (κ3) is 3.47. The standard InChI is InChI=1S/C13H23N3O3/c1-7-19-11(17)8-10(15(3)4)12-9(2)14-16(5)13(12)18-6/h10H,7-8H2,1-6H3. The van der Waals surface area contributed by atoms with Gasteiger partial charge in [0.1, 0.15) is 0 Å². The molecule has 0 saturated carbocycles. The first-order valence-corrected chi connectivity index (χ1v) is 6.31. The number of ether oxygens (including phenoxy) is 2. The lowest BCUT2D eigenvalue weighted by Crippen LogP contribution is -2.24. The average Bonchev–Trinajstić information content (AvgIpc) is 2.60. The first-order chi connectivity index (χ1) is 8.92. The van der Waals surface area contributed by atoms with E-state index in [2.05, 4.69) is 5.10 Å². The molecule has 0 spiro atoms. The molecular formula is C13H23N3O3. The highest BCUT2D eigenvalue weighted by molar-refractivity contribution is 5.70. The Balaban J connectivity index is 3.09. The van der Waals surface area contributed by atoms with Gasteiger partial charge in [-0.15, -0.1) is 0 Å². The smallest absolute Gasteiger partial charge is 0.307 e. The number of carbonyl (C=O) groups excluding carboxylic acids is 1. The van der Waals surface area contributed by atoms with Crippen LogP contribution in [-0.4, -0.2) is 48.5 Å². The lowest BCUT2D eigenvalue weighted by molar-refractivity contribution is -0.144. The van der Waals surface area contributed by atoms with E-state index in [1.165, 1.54) is 0 Å². The van der Waals surface area contributed by atoms with E-state index in [1.54, 1.807) is 18.7 Å². The molecule has 1 heterocycles.